The maximum atomic E-state index is 5.40. The van der Waals surface area contributed by atoms with Crippen LogP contribution in [0.15, 0.2) is 176 Å². The predicted molar refractivity (Wildman–Crippen MR) is 230 cm³/mol. The van der Waals surface area contributed by atoms with Gasteiger partial charge >= 0.3 is 0 Å². The van der Waals surface area contributed by atoms with E-state index in [1.165, 1.54) is 48.6 Å². The fourth-order valence-corrected chi connectivity index (χ4v) is 11.8. The molecule has 2 aromatic heterocycles. The highest BCUT2D eigenvalue weighted by Crippen LogP contribution is 2.38. The van der Waals surface area contributed by atoms with E-state index in [2.05, 4.69) is 183 Å². The van der Waals surface area contributed by atoms with Crippen LogP contribution in [0, 0.1) is 0 Å². The van der Waals surface area contributed by atoms with Crippen LogP contribution in [0.5, 0.6) is 0 Å². The Morgan fingerprint density at radius 1 is 0.426 bits per heavy atom. The summed E-state index contributed by atoms with van der Waals surface area (Å²) in [6.07, 6.45) is 0. The maximum absolute atomic E-state index is 5.40. The Morgan fingerprint density at radius 3 is 1.57 bits per heavy atom. The van der Waals surface area contributed by atoms with Crippen molar-refractivity contribution in [2.75, 3.05) is 0 Å². The zero-order valence-electron chi connectivity index (χ0n) is 30.0. The summed E-state index contributed by atoms with van der Waals surface area (Å²) in [5.41, 5.74) is 14.8. The molecule has 0 saturated heterocycles. The third kappa shape index (κ3) is 5.61. The van der Waals surface area contributed by atoms with Crippen LogP contribution in [0.4, 0.5) is 0 Å². The first-order valence-corrected chi connectivity index (χ1v) is 22.2. The standard InChI is InChI=1S/C49H35N3SSi/c1-54(2)44-27-9-6-24-41(44)45-46(32-14-4-3-5-15-32)51-47(52-49(45)54)39-22-12-20-37(30-39)35-18-10-16-33(28-35)34-17-11-19-36(29-34)38-21-13-23-40(31-38)48-50-42-25-7-8-26-43(42)53-48/h3-31H,1-2H3. The van der Waals surface area contributed by atoms with Crippen molar-refractivity contribution >= 4 is 40.1 Å². The molecule has 0 amide bonds. The molecule has 0 bridgehead atoms. The van der Waals surface area contributed by atoms with Gasteiger partial charge in [0.05, 0.1) is 15.9 Å². The van der Waals surface area contributed by atoms with Crippen molar-refractivity contribution in [2.45, 2.75) is 13.1 Å². The molecule has 0 aliphatic carbocycles. The van der Waals surface area contributed by atoms with Crippen LogP contribution < -0.4 is 10.5 Å². The largest absolute Gasteiger partial charge is 0.237 e. The lowest BCUT2D eigenvalue weighted by Crippen LogP contribution is -2.50. The Kier molecular flexibility index (Phi) is 7.79. The summed E-state index contributed by atoms with van der Waals surface area (Å²) in [4.78, 5) is 15.6. The average Bonchev–Trinajstić information content (AvgIpc) is 3.78. The Labute approximate surface area is 320 Å². The van der Waals surface area contributed by atoms with Crippen molar-refractivity contribution in [3.8, 4) is 77.7 Å². The lowest BCUT2D eigenvalue weighted by atomic mass is 9.95. The number of hydrogen-bond donors (Lipinski definition) is 0. The molecule has 0 unspecified atom stereocenters. The minimum Gasteiger partial charge on any atom is -0.237 e. The molecule has 1 aliphatic heterocycles. The summed E-state index contributed by atoms with van der Waals surface area (Å²) >= 11 is 1.74. The Bertz CT molecular complexity index is 2840. The van der Waals surface area contributed by atoms with E-state index < -0.39 is 8.07 Å². The summed E-state index contributed by atoms with van der Waals surface area (Å²) in [6, 6.07) is 62.9. The fraction of sp³-hybridized carbons (Fsp3) is 0.0408. The van der Waals surface area contributed by atoms with Gasteiger partial charge in [-0.2, -0.15) is 0 Å². The van der Waals surface area contributed by atoms with Gasteiger partial charge in [0, 0.05) is 27.6 Å². The molecule has 54 heavy (non-hydrogen) atoms. The van der Waals surface area contributed by atoms with Gasteiger partial charge in [0.1, 0.15) is 13.1 Å². The molecule has 256 valence electrons. The second-order valence-electron chi connectivity index (χ2n) is 14.5. The number of thiazole rings is 1. The van der Waals surface area contributed by atoms with Crippen LogP contribution in [0.2, 0.25) is 13.1 Å². The smallest absolute Gasteiger partial charge is 0.159 e. The molecule has 1 aliphatic rings. The molecule has 7 aromatic carbocycles. The predicted octanol–water partition coefficient (Wildman–Crippen LogP) is 11.9. The van der Waals surface area contributed by atoms with Crippen LogP contribution >= 0.6 is 11.3 Å². The highest BCUT2D eigenvalue weighted by Gasteiger charge is 2.41. The Morgan fingerprint density at radius 2 is 0.926 bits per heavy atom. The van der Waals surface area contributed by atoms with E-state index in [9.17, 15) is 0 Å². The lowest BCUT2D eigenvalue weighted by molar-refractivity contribution is 1.21. The van der Waals surface area contributed by atoms with Gasteiger partial charge in [-0.1, -0.05) is 153 Å². The molecular weight excluding hydrogens is 691 g/mol. The van der Waals surface area contributed by atoms with Gasteiger partial charge < -0.3 is 0 Å². The summed E-state index contributed by atoms with van der Waals surface area (Å²) < 4.78 is 1.21. The summed E-state index contributed by atoms with van der Waals surface area (Å²) in [5.74, 6) is 0.778. The van der Waals surface area contributed by atoms with E-state index in [-0.39, 0.29) is 0 Å². The number of nitrogens with zero attached hydrogens (tertiary/aromatic N) is 3. The second-order valence-corrected chi connectivity index (χ2v) is 19.8. The van der Waals surface area contributed by atoms with Gasteiger partial charge in [0.25, 0.3) is 0 Å². The van der Waals surface area contributed by atoms with Gasteiger partial charge in [0.15, 0.2) is 5.82 Å². The minimum absolute atomic E-state index is 0.778. The SMILES string of the molecule is C[Si]1(C)c2ccccc2-c2c(-c3ccccc3)nc(-c3cccc(-c4cccc(-c5cccc(-c6cccc(-c7nc8ccccc8s7)c6)c5)c4)c3)nc21. The van der Waals surface area contributed by atoms with E-state index >= 15 is 0 Å². The van der Waals surface area contributed by atoms with Crippen molar-refractivity contribution in [3.63, 3.8) is 0 Å². The number of hydrogen-bond acceptors (Lipinski definition) is 4. The number of fused-ring (bicyclic) bond motifs is 4. The molecule has 10 rings (SSSR count). The zero-order valence-corrected chi connectivity index (χ0v) is 31.8. The van der Waals surface area contributed by atoms with Gasteiger partial charge in [-0.05, 0) is 80.5 Å². The number of para-hydroxylation sites is 1. The third-order valence-corrected chi connectivity index (χ3v) is 15.1. The first kappa shape index (κ1) is 32.4. The lowest BCUT2D eigenvalue weighted by Gasteiger charge is -2.19. The van der Waals surface area contributed by atoms with E-state index in [1.54, 1.807) is 11.3 Å². The highest BCUT2D eigenvalue weighted by molar-refractivity contribution is 7.21. The van der Waals surface area contributed by atoms with Crippen LogP contribution in [0.25, 0.3) is 87.9 Å². The molecule has 0 saturated carbocycles. The molecule has 3 heterocycles. The Balaban J connectivity index is 1.00. The molecule has 5 heteroatoms. The molecule has 9 aromatic rings. The molecule has 0 radical (unpaired) electrons. The van der Waals surface area contributed by atoms with Gasteiger partial charge in [-0.15, -0.1) is 11.3 Å². The number of aromatic nitrogens is 3. The van der Waals surface area contributed by atoms with Crippen LogP contribution in [-0.4, -0.2) is 23.0 Å². The maximum Gasteiger partial charge on any atom is 0.159 e. The molecule has 0 N–H and O–H groups in total. The van der Waals surface area contributed by atoms with Gasteiger partial charge in [-0.25, -0.2) is 15.0 Å². The molecular formula is C49H35N3SSi. The first-order valence-electron chi connectivity index (χ1n) is 18.4. The number of benzene rings is 7. The third-order valence-electron chi connectivity index (χ3n) is 10.7. The molecule has 0 atom stereocenters. The normalized spacial score (nSPS) is 12.8. The van der Waals surface area contributed by atoms with E-state index in [1.807, 2.05) is 6.07 Å². The second kappa shape index (κ2) is 13.0. The van der Waals surface area contributed by atoms with Crippen molar-refractivity contribution < 1.29 is 0 Å². The van der Waals surface area contributed by atoms with Crippen molar-refractivity contribution in [1.29, 1.82) is 0 Å². The first-order chi connectivity index (χ1) is 26.5. The zero-order chi connectivity index (χ0) is 36.2. The quantitative estimate of drug-likeness (QED) is 0.160. The average molecular weight is 726 g/mol. The Hall–Kier alpha value is -6.27. The van der Waals surface area contributed by atoms with E-state index in [0.29, 0.717) is 0 Å². The summed E-state index contributed by atoms with van der Waals surface area (Å²) in [7, 11) is -2.04. The minimum atomic E-state index is -2.04. The molecule has 0 spiro atoms. The van der Waals surface area contributed by atoms with Crippen molar-refractivity contribution in [1.82, 2.24) is 15.0 Å². The highest BCUT2D eigenvalue weighted by atomic mass is 32.1. The van der Waals surface area contributed by atoms with Gasteiger partial charge in [0.2, 0.25) is 0 Å². The fourth-order valence-electron chi connectivity index (χ4n) is 7.90. The topological polar surface area (TPSA) is 38.7 Å². The van der Waals surface area contributed by atoms with Crippen LogP contribution in [0.3, 0.4) is 0 Å². The van der Waals surface area contributed by atoms with E-state index in [4.69, 9.17) is 15.0 Å². The van der Waals surface area contributed by atoms with Crippen molar-refractivity contribution in [2.24, 2.45) is 0 Å². The van der Waals surface area contributed by atoms with Crippen molar-refractivity contribution in [3.05, 3.63) is 176 Å². The summed E-state index contributed by atoms with van der Waals surface area (Å²) in [6.45, 7) is 4.83. The van der Waals surface area contributed by atoms with Crippen LogP contribution in [0.1, 0.15) is 0 Å². The van der Waals surface area contributed by atoms with E-state index in [0.717, 1.165) is 49.9 Å². The molecule has 3 nitrogen and oxygen atoms in total. The number of rotatable bonds is 6. The van der Waals surface area contributed by atoms with Crippen LogP contribution in [-0.2, 0) is 0 Å². The molecule has 0 fully saturated rings. The monoisotopic (exact) mass is 725 g/mol. The van der Waals surface area contributed by atoms with Gasteiger partial charge in [-0.3, -0.25) is 0 Å². The summed E-state index contributed by atoms with van der Waals surface area (Å²) in [5, 5.41) is 3.69.